The van der Waals surface area contributed by atoms with Crippen molar-refractivity contribution in [2.24, 2.45) is 0 Å². The molecule has 0 N–H and O–H groups in total. The second kappa shape index (κ2) is 3.04. The van der Waals surface area contributed by atoms with Crippen LogP contribution < -0.4 is 0 Å². The van der Waals surface area contributed by atoms with E-state index in [4.69, 9.17) is 0 Å². The number of hydrogen-bond acceptors (Lipinski definition) is 3. The summed E-state index contributed by atoms with van der Waals surface area (Å²) in [4.78, 5) is 10.3. The quantitative estimate of drug-likeness (QED) is 0.646. The Kier molecular flexibility index (Phi) is 2.25. The number of ketones is 1. The second-order valence-corrected chi connectivity index (χ2v) is 2.10. The smallest absolute Gasteiger partial charge is 0.450 e. The Morgan fingerprint density at radius 2 is 1.83 bits per heavy atom. The van der Waals surface area contributed by atoms with E-state index in [0.29, 0.717) is 0 Å². The highest BCUT2D eigenvalue weighted by Crippen LogP contribution is 2.21. The van der Waals surface area contributed by atoms with Gasteiger partial charge in [0.2, 0.25) is 12.1 Å². The lowest BCUT2D eigenvalue weighted by Crippen LogP contribution is -2.27. The van der Waals surface area contributed by atoms with Crippen molar-refractivity contribution in [3.63, 3.8) is 0 Å². The van der Waals surface area contributed by atoms with Gasteiger partial charge in [0.15, 0.2) is 0 Å². The second-order valence-electron chi connectivity index (χ2n) is 2.10. The zero-order valence-corrected chi connectivity index (χ0v) is 5.80. The molecule has 0 spiro atoms. The number of hydrogen-bond donors (Lipinski definition) is 0. The number of halogens is 3. The molecule has 1 aliphatic heterocycles. The number of alkyl halides is 3. The maximum atomic E-state index is 11.6. The lowest BCUT2D eigenvalue weighted by atomic mass is 10.3. The number of rotatable bonds is 2. The number of Topliss-reactive ketones (excluding diaryl/α,β-unsaturated/α-hetero) is 1. The monoisotopic (exact) mass is 182 g/mol. The lowest BCUT2D eigenvalue weighted by molar-refractivity contribution is -0.176. The van der Waals surface area contributed by atoms with Crippen LogP contribution in [0.15, 0.2) is 12.5 Å². The highest BCUT2D eigenvalue weighted by atomic mass is 19.4. The molecule has 12 heavy (non-hydrogen) atoms. The zero-order chi connectivity index (χ0) is 9.19. The molecule has 0 saturated heterocycles. The summed E-state index contributed by atoms with van der Waals surface area (Å²) < 4.78 is 43.9. The summed E-state index contributed by atoms with van der Waals surface area (Å²) in [5.41, 5.74) is 0. The molecule has 0 saturated carbocycles. The fraction of sp³-hybridized carbons (Fsp3) is 0.500. The SMILES string of the molecule is O=C(CC1OC=CO1)C(F)(F)F. The molecule has 6 heteroatoms. The largest absolute Gasteiger partial charge is 0.459 e. The fourth-order valence-corrected chi connectivity index (χ4v) is 0.635. The third kappa shape index (κ3) is 2.14. The molecule has 1 heterocycles. The molecule has 0 aromatic rings. The van der Waals surface area contributed by atoms with Gasteiger partial charge in [-0.05, 0) is 0 Å². The lowest BCUT2D eigenvalue weighted by Gasteiger charge is -2.10. The van der Waals surface area contributed by atoms with Crippen molar-refractivity contribution in [2.45, 2.75) is 18.9 Å². The minimum atomic E-state index is -4.81. The Hall–Kier alpha value is -1.20. The van der Waals surface area contributed by atoms with Gasteiger partial charge < -0.3 is 9.47 Å². The van der Waals surface area contributed by atoms with Crippen LogP contribution in [0.25, 0.3) is 0 Å². The van der Waals surface area contributed by atoms with Crippen LogP contribution in [-0.2, 0) is 14.3 Å². The van der Waals surface area contributed by atoms with Gasteiger partial charge in [-0.25, -0.2) is 0 Å². The minimum absolute atomic E-state index is 0.809. The van der Waals surface area contributed by atoms with Gasteiger partial charge in [-0.1, -0.05) is 0 Å². The van der Waals surface area contributed by atoms with Gasteiger partial charge in [0.1, 0.15) is 12.5 Å². The summed E-state index contributed by atoms with van der Waals surface area (Å²) in [5, 5.41) is 0. The van der Waals surface area contributed by atoms with Crippen molar-refractivity contribution < 1.29 is 27.4 Å². The first-order valence-corrected chi connectivity index (χ1v) is 3.06. The highest BCUT2D eigenvalue weighted by molar-refractivity contribution is 5.84. The molecule has 0 aromatic carbocycles. The summed E-state index contributed by atoms with van der Waals surface area (Å²) in [6, 6.07) is 0. The van der Waals surface area contributed by atoms with E-state index in [1.165, 1.54) is 0 Å². The molecule has 3 nitrogen and oxygen atoms in total. The van der Waals surface area contributed by atoms with Gasteiger partial charge in [-0.3, -0.25) is 4.79 Å². The first-order valence-electron chi connectivity index (χ1n) is 3.06. The Morgan fingerprint density at radius 1 is 1.33 bits per heavy atom. The first kappa shape index (κ1) is 8.89. The molecule has 1 aliphatic rings. The maximum Gasteiger partial charge on any atom is 0.450 e. The predicted molar refractivity (Wildman–Crippen MR) is 30.8 cm³/mol. The molecular formula is C6H5F3O3. The van der Waals surface area contributed by atoms with Gasteiger partial charge in [0.05, 0.1) is 6.42 Å². The van der Waals surface area contributed by atoms with E-state index in [1.807, 2.05) is 0 Å². The van der Waals surface area contributed by atoms with Crippen LogP contribution >= 0.6 is 0 Å². The fourth-order valence-electron chi connectivity index (χ4n) is 0.635. The number of carbonyl (C=O) groups excluding carboxylic acids is 1. The molecule has 0 aromatic heterocycles. The van der Waals surface area contributed by atoms with Crippen molar-refractivity contribution in [3.05, 3.63) is 12.5 Å². The van der Waals surface area contributed by atoms with Gasteiger partial charge in [-0.15, -0.1) is 0 Å². The van der Waals surface area contributed by atoms with Crippen LogP contribution in [0.3, 0.4) is 0 Å². The van der Waals surface area contributed by atoms with Crippen molar-refractivity contribution in [2.75, 3.05) is 0 Å². The van der Waals surface area contributed by atoms with Gasteiger partial charge in [0, 0.05) is 0 Å². The summed E-state index contributed by atoms with van der Waals surface area (Å²) in [7, 11) is 0. The molecule has 0 radical (unpaired) electrons. The van der Waals surface area contributed by atoms with E-state index in [1.54, 1.807) is 0 Å². The Bertz CT molecular complexity index is 201. The number of carbonyl (C=O) groups is 1. The van der Waals surface area contributed by atoms with Crippen molar-refractivity contribution in [1.82, 2.24) is 0 Å². The van der Waals surface area contributed by atoms with E-state index in [0.717, 1.165) is 12.5 Å². The molecular weight excluding hydrogens is 177 g/mol. The highest BCUT2D eigenvalue weighted by Gasteiger charge is 2.40. The van der Waals surface area contributed by atoms with Crippen molar-refractivity contribution in [1.29, 1.82) is 0 Å². The standard InChI is InChI=1S/C6H5F3O3/c7-6(8,9)4(10)3-5-11-1-2-12-5/h1-2,5H,3H2. The number of ether oxygens (including phenoxy) is 2. The summed E-state index contributed by atoms with van der Waals surface area (Å²) in [5.74, 6) is -1.85. The van der Waals surface area contributed by atoms with E-state index < -0.39 is 24.7 Å². The van der Waals surface area contributed by atoms with E-state index in [9.17, 15) is 18.0 Å². The minimum Gasteiger partial charge on any atom is -0.459 e. The third-order valence-corrected chi connectivity index (χ3v) is 1.18. The van der Waals surface area contributed by atoms with Crippen LogP contribution in [0.5, 0.6) is 0 Å². The molecule has 0 fully saturated rings. The molecule has 68 valence electrons. The molecule has 0 aliphatic carbocycles. The van der Waals surface area contributed by atoms with E-state index in [2.05, 4.69) is 9.47 Å². The molecule has 0 bridgehead atoms. The molecule has 0 unspecified atom stereocenters. The van der Waals surface area contributed by atoms with Gasteiger partial charge in [-0.2, -0.15) is 13.2 Å². The molecule has 0 atom stereocenters. The van der Waals surface area contributed by atoms with Crippen LogP contribution in [-0.4, -0.2) is 18.2 Å². The van der Waals surface area contributed by atoms with Crippen LogP contribution in [0, 0.1) is 0 Å². The average molecular weight is 182 g/mol. The normalized spacial score (nSPS) is 17.2. The Balaban J connectivity index is 2.36. The Labute approximate surface area is 65.8 Å². The topological polar surface area (TPSA) is 35.5 Å². The molecule has 1 rings (SSSR count). The van der Waals surface area contributed by atoms with E-state index >= 15 is 0 Å². The summed E-state index contributed by atoms with van der Waals surface area (Å²) >= 11 is 0. The van der Waals surface area contributed by atoms with E-state index in [-0.39, 0.29) is 0 Å². The maximum absolute atomic E-state index is 11.6. The van der Waals surface area contributed by atoms with Crippen molar-refractivity contribution in [3.8, 4) is 0 Å². The first-order chi connectivity index (χ1) is 5.50. The summed E-state index contributed by atoms with van der Waals surface area (Å²) in [6.07, 6.45) is -4.56. The van der Waals surface area contributed by atoms with Gasteiger partial charge >= 0.3 is 6.18 Å². The van der Waals surface area contributed by atoms with Crippen LogP contribution in [0.1, 0.15) is 6.42 Å². The van der Waals surface area contributed by atoms with Crippen molar-refractivity contribution >= 4 is 5.78 Å². The Morgan fingerprint density at radius 3 is 2.25 bits per heavy atom. The third-order valence-electron chi connectivity index (χ3n) is 1.18. The van der Waals surface area contributed by atoms with Gasteiger partial charge in [0.25, 0.3) is 0 Å². The zero-order valence-electron chi connectivity index (χ0n) is 5.80. The van der Waals surface area contributed by atoms with Crippen LogP contribution in [0.4, 0.5) is 13.2 Å². The predicted octanol–water partition coefficient (Wildman–Crippen LogP) is 1.35. The average Bonchev–Trinajstić information content (AvgIpc) is 2.37. The summed E-state index contributed by atoms with van der Waals surface area (Å²) in [6.45, 7) is 0. The van der Waals surface area contributed by atoms with Crippen LogP contribution in [0.2, 0.25) is 0 Å². The molecule has 0 amide bonds.